The Labute approximate surface area is 218 Å². The van der Waals surface area contributed by atoms with E-state index in [2.05, 4.69) is 11.5 Å². The molecule has 3 aromatic carbocycles. The molecule has 0 spiro atoms. The number of carbonyl (C=O) groups is 2. The number of nitrogens with one attached hydrogen (secondary N) is 1. The molecule has 0 unspecified atom stereocenters. The van der Waals surface area contributed by atoms with E-state index in [0.29, 0.717) is 39.7 Å². The molecule has 0 atom stereocenters. The zero-order valence-electron chi connectivity index (χ0n) is 19.3. The molecule has 1 aliphatic heterocycles. The van der Waals surface area contributed by atoms with Crippen LogP contribution in [0.4, 0.5) is 0 Å². The monoisotopic (exact) mass is 515 g/mol. The van der Waals surface area contributed by atoms with Crippen molar-refractivity contribution in [3.05, 3.63) is 100.0 Å². The van der Waals surface area contributed by atoms with Gasteiger partial charge in [0.25, 0.3) is 11.8 Å². The molecule has 9 heteroatoms. The second kappa shape index (κ2) is 11.5. The van der Waals surface area contributed by atoms with Gasteiger partial charge in [0, 0.05) is 11.1 Å². The second-order valence-corrected chi connectivity index (χ2v) is 9.20. The number of rotatable bonds is 8. The van der Waals surface area contributed by atoms with Crippen LogP contribution in [0.25, 0.3) is 6.08 Å². The molecular formula is C27H21N3O4S2. The summed E-state index contributed by atoms with van der Waals surface area (Å²) in [6.45, 7) is 2.49. The summed E-state index contributed by atoms with van der Waals surface area (Å²) < 4.78 is 11.9. The van der Waals surface area contributed by atoms with E-state index in [1.165, 1.54) is 0 Å². The van der Waals surface area contributed by atoms with E-state index in [0.717, 1.165) is 22.3 Å². The Balaban J connectivity index is 1.50. The normalized spacial score (nSPS) is 14.0. The zero-order chi connectivity index (χ0) is 25.5. The van der Waals surface area contributed by atoms with E-state index in [-0.39, 0.29) is 10.9 Å². The van der Waals surface area contributed by atoms with E-state index in [1.807, 2.05) is 19.1 Å². The second-order valence-electron chi connectivity index (χ2n) is 7.52. The van der Waals surface area contributed by atoms with Crippen LogP contribution in [0.15, 0.2) is 77.7 Å². The summed E-state index contributed by atoms with van der Waals surface area (Å²) in [6, 6.07) is 23.3. The van der Waals surface area contributed by atoms with Gasteiger partial charge in [0.15, 0.2) is 15.8 Å². The Kier molecular flexibility index (Phi) is 8.00. The molecule has 1 fully saturated rings. The smallest absolute Gasteiger partial charge is 0.285 e. The number of nitrogens with zero attached hydrogens (tertiary/aromatic N) is 2. The standard InChI is InChI=1S/C27H21N3O4S2/c1-2-33-23-14-18(12-13-22(23)34-17-21-11-7-6-10-20(21)16-28)15-24-26(32)30(27(35)36-24)29-25(31)19-8-4-3-5-9-19/h3-15H,2,17H2,1H3,(H,29,31)/b24-15-. The molecule has 36 heavy (non-hydrogen) atoms. The lowest BCUT2D eigenvalue weighted by atomic mass is 10.1. The van der Waals surface area contributed by atoms with Crippen molar-refractivity contribution >= 4 is 46.2 Å². The molecule has 0 saturated carbocycles. The summed E-state index contributed by atoms with van der Waals surface area (Å²) in [6.07, 6.45) is 1.69. The molecule has 2 amide bonds. The van der Waals surface area contributed by atoms with Gasteiger partial charge >= 0.3 is 0 Å². The maximum Gasteiger partial charge on any atom is 0.285 e. The average Bonchev–Trinajstić information content (AvgIpc) is 3.16. The number of hydrogen-bond acceptors (Lipinski definition) is 7. The Morgan fingerprint density at radius 1 is 1.08 bits per heavy atom. The first kappa shape index (κ1) is 25.0. The van der Waals surface area contributed by atoms with Crippen molar-refractivity contribution in [1.82, 2.24) is 10.4 Å². The van der Waals surface area contributed by atoms with Crippen LogP contribution >= 0.6 is 24.0 Å². The fraction of sp³-hybridized carbons (Fsp3) is 0.111. The largest absolute Gasteiger partial charge is 0.490 e. The van der Waals surface area contributed by atoms with Gasteiger partial charge in [0.2, 0.25) is 0 Å². The average molecular weight is 516 g/mol. The highest BCUT2D eigenvalue weighted by molar-refractivity contribution is 8.26. The maximum absolute atomic E-state index is 12.9. The molecule has 1 heterocycles. The number of amides is 2. The van der Waals surface area contributed by atoms with Crippen molar-refractivity contribution in [2.45, 2.75) is 13.5 Å². The van der Waals surface area contributed by atoms with Gasteiger partial charge in [-0.15, -0.1) is 0 Å². The molecule has 3 aromatic rings. The third-order valence-electron chi connectivity index (χ3n) is 5.13. The summed E-state index contributed by atoms with van der Waals surface area (Å²) in [5.41, 5.74) is 5.02. The number of benzene rings is 3. The number of hydrazine groups is 1. The molecule has 7 nitrogen and oxygen atoms in total. The highest BCUT2D eigenvalue weighted by Crippen LogP contribution is 2.34. The van der Waals surface area contributed by atoms with Crippen molar-refractivity contribution in [2.24, 2.45) is 0 Å². The third kappa shape index (κ3) is 5.74. The highest BCUT2D eigenvalue weighted by atomic mass is 32.2. The third-order valence-corrected chi connectivity index (χ3v) is 6.43. The number of nitriles is 1. The molecule has 4 rings (SSSR count). The van der Waals surface area contributed by atoms with Gasteiger partial charge in [-0.1, -0.05) is 54.2 Å². The lowest BCUT2D eigenvalue weighted by molar-refractivity contribution is -0.123. The van der Waals surface area contributed by atoms with Crippen molar-refractivity contribution < 1.29 is 19.1 Å². The number of thiocarbonyl (C=S) groups is 1. The van der Waals surface area contributed by atoms with Crippen LogP contribution < -0.4 is 14.9 Å². The zero-order valence-corrected chi connectivity index (χ0v) is 20.9. The Morgan fingerprint density at radius 2 is 1.83 bits per heavy atom. The Morgan fingerprint density at radius 3 is 2.58 bits per heavy atom. The van der Waals surface area contributed by atoms with E-state index in [1.54, 1.807) is 66.7 Å². The summed E-state index contributed by atoms with van der Waals surface area (Å²) >= 11 is 6.41. The Bertz CT molecular complexity index is 1380. The van der Waals surface area contributed by atoms with E-state index >= 15 is 0 Å². The fourth-order valence-electron chi connectivity index (χ4n) is 3.38. The van der Waals surface area contributed by atoms with Gasteiger partial charge in [0.05, 0.1) is 23.1 Å². The number of thioether (sulfide) groups is 1. The van der Waals surface area contributed by atoms with E-state index in [4.69, 9.17) is 21.7 Å². The molecule has 1 saturated heterocycles. The quantitative estimate of drug-likeness (QED) is 0.330. The van der Waals surface area contributed by atoms with Gasteiger partial charge in [-0.2, -0.15) is 10.3 Å². The number of hydrogen-bond donors (Lipinski definition) is 1. The minimum Gasteiger partial charge on any atom is -0.490 e. The summed E-state index contributed by atoms with van der Waals surface area (Å²) in [7, 11) is 0. The highest BCUT2D eigenvalue weighted by Gasteiger charge is 2.33. The molecule has 0 radical (unpaired) electrons. The predicted octanol–water partition coefficient (Wildman–Crippen LogP) is 5.08. The molecule has 180 valence electrons. The van der Waals surface area contributed by atoms with Crippen LogP contribution in [-0.2, 0) is 11.4 Å². The van der Waals surface area contributed by atoms with Crippen molar-refractivity contribution in [1.29, 1.82) is 5.26 Å². The van der Waals surface area contributed by atoms with Crippen LogP contribution in [0, 0.1) is 11.3 Å². The Hall–Kier alpha value is -4.13. The van der Waals surface area contributed by atoms with Crippen LogP contribution in [-0.4, -0.2) is 27.8 Å². The van der Waals surface area contributed by atoms with Crippen molar-refractivity contribution in [2.75, 3.05) is 6.61 Å². The minimum absolute atomic E-state index is 0.211. The maximum atomic E-state index is 12.9. The van der Waals surface area contributed by atoms with Crippen LogP contribution in [0.5, 0.6) is 11.5 Å². The van der Waals surface area contributed by atoms with E-state index in [9.17, 15) is 14.9 Å². The van der Waals surface area contributed by atoms with Crippen molar-refractivity contribution in [3.8, 4) is 17.6 Å². The first-order valence-electron chi connectivity index (χ1n) is 11.0. The molecular weight excluding hydrogens is 494 g/mol. The minimum atomic E-state index is -0.425. The molecule has 0 aromatic heterocycles. The summed E-state index contributed by atoms with van der Waals surface area (Å²) in [4.78, 5) is 25.8. The lowest BCUT2D eigenvalue weighted by Gasteiger charge is -2.15. The summed E-state index contributed by atoms with van der Waals surface area (Å²) in [5.74, 6) is 0.185. The molecule has 0 bridgehead atoms. The van der Waals surface area contributed by atoms with Crippen LogP contribution in [0.2, 0.25) is 0 Å². The molecule has 1 aliphatic rings. The van der Waals surface area contributed by atoms with Gasteiger partial charge in [0.1, 0.15) is 6.61 Å². The first-order chi connectivity index (χ1) is 17.5. The van der Waals surface area contributed by atoms with Crippen molar-refractivity contribution in [3.63, 3.8) is 0 Å². The molecule has 0 aliphatic carbocycles. The lowest BCUT2D eigenvalue weighted by Crippen LogP contribution is -2.44. The van der Waals surface area contributed by atoms with Gasteiger partial charge in [-0.25, -0.2) is 0 Å². The van der Waals surface area contributed by atoms with Crippen LogP contribution in [0.1, 0.15) is 34.0 Å². The SMILES string of the molecule is CCOc1cc(/C=C2\SC(=S)N(NC(=O)c3ccccc3)C2=O)ccc1OCc1ccccc1C#N. The fourth-order valence-corrected chi connectivity index (χ4v) is 4.56. The van der Waals surface area contributed by atoms with Gasteiger partial charge in [-0.3, -0.25) is 15.0 Å². The van der Waals surface area contributed by atoms with E-state index < -0.39 is 11.8 Å². The molecule has 1 N–H and O–H groups in total. The van der Waals surface area contributed by atoms with Crippen LogP contribution in [0.3, 0.4) is 0 Å². The van der Waals surface area contributed by atoms with Gasteiger partial charge < -0.3 is 9.47 Å². The topological polar surface area (TPSA) is 91.7 Å². The number of carbonyl (C=O) groups excluding carboxylic acids is 2. The first-order valence-corrected chi connectivity index (χ1v) is 12.2. The predicted molar refractivity (Wildman–Crippen MR) is 142 cm³/mol. The number of ether oxygens (including phenoxy) is 2. The summed E-state index contributed by atoms with van der Waals surface area (Å²) in [5, 5.41) is 10.4. The van der Waals surface area contributed by atoms with Gasteiger partial charge in [-0.05, 0) is 61.1 Å².